The molecule has 0 aromatic rings. The molecule has 0 saturated carbocycles. The summed E-state index contributed by atoms with van der Waals surface area (Å²) in [6, 6.07) is -0.572. The van der Waals surface area contributed by atoms with E-state index in [1.807, 2.05) is 6.92 Å². The molecule has 0 aromatic carbocycles. The Balaban J connectivity index is 4.01. The molecule has 0 rings (SSSR count). The number of esters is 1. The molecule has 2 unspecified atom stereocenters. The smallest absolute Gasteiger partial charge is 0.329 e. The molecular formula is C10H20N2O3S. The van der Waals surface area contributed by atoms with Gasteiger partial charge in [-0.2, -0.15) is 11.8 Å². The highest BCUT2D eigenvalue weighted by Crippen LogP contribution is 2.09. The quantitative estimate of drug-likeness (QED) is 0.619. The van der Waals surface area contributed by atoms with Gasteiger partial charge in [0.05, 0.1) is 7.11 Å². The molecule has 0 aliphatic rings. The van der Waals surface area contributed by atoms with Gasteiger partial charge in [0.2, 0.25) is 5.91 Å². The van der Waals surface area contributed by atoms with Crippen molar-refractivity contribution in [2.24, 2.45) is 11.7 Å². The molecule has 0 aliphatic carbocycles. The van der Waals surface area contributed by atoms with Gasteiger partial charge in [-0.25, -0.2) is 4.79 Å². The highest BCUT2D eigenvalue weighted by atomic mass is 32.2. The van der Waals surface area contributed by atoms with E-state index in [9.17, 15) is 9.59 Å². The van der Waals surface area contributed by atoms with Gasteiger partial charge in [-0.1, -0.05) is 6.92 Å². The normalized spacial score (nSPS) is 14.0. The van der Waals surface area contributed by atoms with Gasteiger partial charge in [-0.3, -0.25) is 4.79 Å². The van der Waals surface area contributed by atoms with Crippen molar-refractivity contribution in [2.75, 3.05) is 25.2 Å². The Labute approximate surface area is 100 Å². The van der Waals surface area contributed by atoms with Crippen molar-refractivity contribution in [3.05, 3.63) is 0 Å². The summed E-state index contributed by atoms with van der Waals surface area (Å²) in [5, 5.41) is 2.56. The largest absolute Gasteiger partial charge is 0.467 e. The number of carbonyl (C=O) groups excluding carboxylic acids is 2. The van der Waals surface area contributed by atoms with E-state index in [1.165, 1.54) is 14.0 Å². The lowest BCUT2D eigenvalue weighted by Crippen LogP contribution is -2.42. The number of ether oxygens (including phenoxy) is 1. The SMILES string of the molecule is COC(=O)C(CSCC(C)CN)NC(C)=O. The minimum Gasteiger partial charge on any atom is -0.467 e. The number of rotatable bonds is 7. The van der Waals surface area contributed by atoms with Crippen LogP contribution in [0.4, 0.5) is 0 Å². The highest BCUT2D eigenvalue weighted by molar-refractivity contribution is 7.99. The van der Waals surface area contributed by atoms with Gasteiger partial charge in [0.15, 0.2) is 0 Å². The van der Waals surface area contributed by atoms with E-state index in [-0.39, 0.29) is 5.91 Å². The van der Waals surface area contributed by atoms with Crippen LogP contribution in [-0.4, -0.2) is 43.1 Å². The topological polar surface area (TPSA) is 81.4 Å². The Morgan fingerprint density at radius 3 is 2.50 bits per heavy atom. The first-order chi connectivity index (χ1) is 7.51. The fourth-order valence-corrected chi connectivity index (χ4v) is 2.14. The minimum atomic E-state index is -0.572. The maximum atomic E-state index is 11.3. The average molecular weight is 248 g/mol. The molecule has 0 heterocycles. The monoisotopic (exact) mass is 248 g/mol. The Kier molecular flexibility index (Phi) is 8.01. The van der Waals surface area contributed by atoms with Gasteiger partial charge in [0, 0.05) is 12.7 Å². The molecule has 0 aliphatic heterocycles. The first-order valence-corrected chi connectivity index (χ1v) is 6.29. The Morgan fingerprint density at radius 2 is 2.06 bits per heavy atom. The lowest BCUT2D eigenvalue weighted by Gasteiger charge is -2.16. The van der Waals surface area contributed by atoms with Crippen LogP contribution in [0.25, 0.3) is 0 Å². The number of nitrogens with two attached hydrogens (primary N) is 1. The number of nitrogens with one attached hydrogen (secondary N) is 1. The molecule has 0 spiro atoms. The molecule has 5 nitrogen and oxygen atoms in total. The highest BCUT2D eigenvalue weighted by Gasteiger charge is 2.19. The average Bonchev–Trinajstić information content (AvgIpc) is 2.25. The first-order valence-electron chi connectivity index (χ1n) is 5.14. The maximum absolute atomic E-state index is 11.3. The predicted octanol–water partition coefficient (Wildman–Crippen LogP) is -0.00790. The Bertz CT molecular complexity index is 236. The van der Waals surface area contributed by atoms with Crippen molar-refractivity contribution >= 4 is 23.6 Å². The third-order valence-electron chi connectivity index (χ3n) is 1.95. The molecule has 3 N–H and O–H groups in total. The van der Waals surface area contributed by atoms with Crippen molar-refractivity contribution in [1.82, 2.24) is 5.32 Å². The predicted molar refractivity (Wildman–Crippen MR) is 65.2 cm³/mol. The molecule has 1 amide bonds. The zero-order valence-corrected chi connectivity index (χ0v) is 10.8. The molecule has 94 valence electrons. The van der Waals surface area contributed by atoms with Crippen LogP contribution < -0.4 is 11.1 Å². The number of thioether (sulfide) groups is 1. The number of methoxy groups -OCH3 is 1. The number of amides is 1. The summed E-state index contributed by atoms with van der Waals surface area (Å²) < 4.78 is 4.61. The van der Waals surface area contributed by atoms with Crippen molar-refractivity contribution in [3.8, 4) is 0 Å². The van der Waals surface area contributed by atoms with E-state index in [0.717, 1.165) is 5.75 Å². The lowest BCUT2D eigenvalue weighted by atomic mass is 10.2. The van der Waals surface area contributed by atoms with Crippen molar-refractivity contribution in [3.63, 3.8) is 0 Å². The second kappa shape index (κ2) is 8.41. The third kappa shape index (κ3) is 6.68. The van der Waals surface area contributed by atoms with Crippen molar-refractivity contribution in [2.45, 2.75) is 19.9 Å². The maximum Gasteiger partial charge on any atom is 0.329 e. The van der Waals surface area contributed by atoms with E-state index in [0.29, 0.717) is 18.2 Å². The van der Waals surface area contributed by atoms with Gasteiger partial charge in [0.25, 0.3) is 0 Å². The molecule has 0 radical (unpaired) electrons. The number of hydrogen-bond acceptors (Lipinski definition) is 5. The summed E-state index contributed by atoms with van der Waals surface area (Å²) in [6.07, 6.45) is 0. The third-order valence-corrected chi connectivity index (χ3v) is 3.33. The van der Waals surface area contributed by atoms with Crippen LogP contribution in [0.5, 0.6) is 0 Å². The van der Waals surface area contributed by atoms with Crippen LogP contribution in [0, 0.1) is 5.92 Å². The molecule has 0 bridgehead atoms. The van der Waals surface area contributed by atoms with Gasteiger partial charge >= 0.3 is 5.97 Å². The van der Waals surface area contributed by atoms with Crippen LogP contribution in [0.3, 0.4) is 0 Å². The van der Waals surface area contributed by atoms with E-state index >= 15 is 0 Å². The van der Waals surface area contributed by atoms with Crippen molar-refractivity contribution in [1.29, 1.82) is 0 Å². The fraction of sp³-hybridized carbons (Fsp3) is 0.800. The molecular weight excluding hydrogens is 228 g/mol. The number of hydrogen-bond donors (Lipinski definition) is 2. The van der Waals surface area contributed by atoms with Crippen LogP contribution >= 0.6 is 11.8 Å². The minimum absolute atomic E-state index is 0.233. The molecule has 0 fully saturated rings. The molecule has 0 saturated heterocycles. The molecule has 16 heavy (non-hydrogen) atoms. The molecule has 6 heteroatoms. The summed E-state index contributed by atoms with van der Waals surface area (Å²) in [4.78, 5) is 22.2. The summed E-state index contributed by atoms with van der Waals surface area (Å²) >= 11 is 1.58. The number of carbonyl (C=O) groups is 2. The van der Waals surface area contributed by atoms with Crippen LogP contribution in [-0.2, 0) is 14.3 Å². The summed E-state index contributed by atoms with van der Waals surface area (Å²) in [5.74, 6) is 1.13. The lowest BCUT2D eigenvalue weighted by molar-refractivity contribution is -0.144. The summed E-state index contributed by atoms with van der Waals surface area (Å²) in [5.41, 5.74) is 5.48. The second-order valence-electron chi connectivity index (χ2n) is 3.65. The van der Waals surface area contributed by atoms with Crippen molar-refractivity contribution < 1.29 is 14.3 Å². The van der Waals surface area contributed by atoms with Crippen LogP contribution in [0.2, 0.25) is 0 Å². The Morgan fingerprint density at radius 1 is 1.44 bits per heavy atom. The van der Waals surface area contributed by atoms with E-state index in [2.05, 4.69) is 10.1 Å². The van der Waals surface area contributed by atoms with E-state index in [1.54, 1.807) is 11.8 Å². The van der Waals surface area contributed by atoms with Crippen LogP contribution in [0.15, 0.2) is 0 Å². The van der Waals surface area contributed by atoms with Gasteiger partial charge in [-0.05, 0) is 18.2 Å². The van der Waals surface area contributed by atoms with Gasteiger partial charge in [0.1, 0.15) is 6.04 Å². The zero-order chi connectivity index (χ0) is 12.6. The van der Waals surface area contributed by atoms with Gasteiger partial charge < -0.3 is 15.8 Å². The first kappa shape index (κ1) is 15.2. The summed E-state index contributed by atoms with van der Waals surface area (Å²) in [7, 11) is 1.31. The van der Waals surface area contributed by atoms with Crippen LogP contribution in [0.1, 0.15) is 13.8 Å². The molecule has 2 atom stereocenters. The van der Waals surface area contributed by atoms with E-state index < -0.39 is 12.0 Å². The molecule has 0 aromatic heterocycles. The van der Waals surface area contributed by atoms with Gasteiger partial charge in [-0.15, -0.1) is 0 Å². The second-order valence-corrected chi connectivity index (χ2v) is 4.73. The zero-order valence-electron chi connectivity index (χ0n) is 9.99. The summed E-state index contributed by atoms with van der Waals surface area (Å²) in [6.45, 7) is 4.04. The standard InChI is InChI=1S/C10H20N2O3S/c1-7(4-11)5-16-6-9(10(14)15-3)12-8(2)13/h7,9H,4-6,11H2,1-3H3,(H,12,13). The Hall–Kier alpha value is -0.750. The van der Waals surface area contributed by atoms with E-state index in [4.69, 9.17) is 5.73 Å². The fourth-order valence-electron chi connectivity index (χ4n) is 1.01.